The van der Waals surface area contributed by atoms with Gasteiger partial charge >= 0.3 is 0 Å². The number of benzene rings is 8. The molecule has 268 valence electrons. The Balaban J connectivity index is 1.07. The Morgan fingerprint density at radius 1 is 0.456 bits per heavy atom. The van der Waals surface area contributed by atoms with E-state index >= 15 is 0 Å². The first-order valence-corrected chi connectivity index (χ1v) is 19.9. The molecule has 3 aliphatic carbocycles. The predicted molar refractivity (Wildman–Crippen MR) is 236 cm³/mol. The molecule has 0 aliphatic heterocycles. The number of allylic oxidation sites excluding steroid dienone is 2. The highest BCUT2D eigenvalue weighted by Gasteiger charge is 2.54. The lowest BCUT2D eigenvalue weighted by atomic mass is 9.69. The molecule has 1 unspecified atom stereocenters. The van der Waals surface area contributed by atoms with Crippen LogP contribution in [0.2, 0.25) is 0 Å². The van der Waals surface area contributed by atoms with Crippen molar-refractivity contribution in [2.75, 3.05) is 4.90 Å². The first kappa shape index (κ1) is 32.1. The van der Waals surface area contributed by atoms with Crippen LogP contribution in [0.1, 0.15) is 28.7 Å². The molecule has 0 saturated carbocycles. The van der Waals surface area contributed by atoms with Crippen molar-refractivity contribution in [2.45, 2.75) is 17.9 Å². The molecule has 1 atom stereocenters. The Morgan fingerprint density at radius 3 is 1.82 bits per heavy atom. The van der Waals surface area contributed by atoms with Crippen LogP contribution >= 0.6 is 0 Å². The summed E-state index contributed by atoms with van der Waals surface area (Å²) in [5, 5.41) is 2.29. The highest BCUT2D eigenvalue weighted by atomic mass is 16.3. The molecule has 57 heavy (non-hydrogen) atoms. The van der Waals surface area contributed by atoms with Gasteiger partial charge in [-0.25, -0.2) is 0 Å². The number of furan rings is 1. The van der Waals surface area contributed by atoms with Crippen LogP contribution in [0.4, 0.5) is 11.4 Å². The van der Waals surface area contributed by atoms with Crippen LogP contribution < -0.4 is 4.90 Å². The number of rotatable bonds is 5. The van der Waals surface area contributed by atoms with Crippen molar-refractivity contribution in [1.29, 1.82) is 0 Å². The van der Waals surface area contributed by atoms with Gasteiger partial charge in [0.25, 0.3) is 0 Å². The van der Waals surface area contributed by atoms with Crippen LogP contribution in [0, 0.1) is 0 Å². The highest BCUT2D eigenvalue weighted by molar-refractivity contribution is 6.09. The zero-order valence-electron chi connectivity index (χ0n) is 31.3. The van der Waals surface area contributed by atoms with E-state index in [9.17, 15) is 0 Å². The van der Waals surface area contributed by atoms with Gasteiger partial charge in [-0.1, -0.05) is 176 Å². The summed E-state index contributed by atoms with van der Waals surface area (Å²) in [6, 6.07) is 71.2. The fourth-order valence-corrected chi connectivity index (χ4v) is 10.3. The predicted octanol–water partition coefficient (Wildman–Crippen LogP) is 14.2. The van der Waals surface area contributed by atoms with Gasteiger partial charge in [0.15, 0.2) is 0 Å². The SMILES string of the molecule is C1=CC2=C(c3ccccc3C23c2ccccc2-c2ccccc23)C(N(c2ccc(-c3cccc4c3oc3ccccc34)cc2)c2cccc(-c3ccccc3)c2)C1. The summed E-state index contributed by atoms with van der Waals surface area (Å²) in [6.07, 6.45) is 5.74. The lowest BCUT2D eigenvalue weighted by molar-refractivity contribution is 0.670. The van der Waals surface area contributed by atoms with Crippen molar-refractivity contribution in [3.63, 3.8) is 0 Å². The van der Waals surface area contributed by atoms with Gasteiger partial charge in [-0.3, -0.25) is 0 Å². The zero-order valence-corrected chi connectivity index (χ0v) is 31.3. The second kappa shape index (κ2) is 12.4. The van der Waals surface area contributed by atoms with Crippen molar-refractivity contribution in [1.82, 2.24) is 0 Å². The van der Waals surface area contributed by atoms with Crippen molar-refractivity contribution in [3.8, 4) is 33.4 Å². The van der Waals surface area contributed by atoms with Gasteiger partial charge in [-0.05, 0) is 98.0 Å². The van der Waals surface area contributed by atoms with Crippen LogP contribution in [-0.4, -0.2) is 6.04 Å². The summed E-state index contributed by atoms with van der Waals surface area (Å²) in [4.78, 5) is 2.60. The summed E-state index contributed by atoms with van der Waals surface area (Å²) in [5.41, 5.74) is 19.3. The number of anilines is 2. The molecule has 2 nitrogen and oxygen atoms in total. The molecule has 1 aromatic heterocycles. The summed E-state index contributed by atoms with van der Waals surface area (Å²) in [7, 11) is 0. The molecule has 9 aromatic rings. The summed E-state index contributed by atoms with van der Waals surface area (Å²) >= 11 is 0. The maximum absolute atomic E-state index is 6.49. The van der Waals surface area contributed by atoms with E-state index in [1.165, 1.54) is 61.3 Å². The van der Waals surface area contributed by atoms with Crippen LogP contribution in [0.25, 0.3) is 60.9 Å². The molecule has 8 aromatic carbocycles. The fraction of sp³-hybridized carbons (Fsp3) is 0.0545. The van der Waals surface area contributed by atoms with E-state index in [0.717, 1.165) is 45.2 Å². The Kier molecular flexibility index (Phi) is 7.00. The van der Waals surface area contributed by atoms with Gasteiger partial charge in [0.05, 0.1) is 11.5 Å². The second-order valence-corrected chi connectivity index (χ2v) is 15.5. The maximum atomic E-state index is 6.49. The number of para-hydroxylation sites is 2. The Labute approximate surface area is 332 Å². The molecule has 3 aliphatic rings. The van der Waals surface area contributed by atoms with Gasteiger partial charge in [0.1, 0.15) is 11.2 Å². The first-order chi connectivity index (χ1) is 28.3. The van der Waals surface area contributed by atoms with Crippen LogP contribution in [-0.2, 0) is 5.41 Å². The van der Waals surface area contributed by atoms with E-state index in [0.29, 0.717) is 0 Å². The molecule has 1 spiro atoms. The van der Waals surface area contributed by atoms with Crippen LogP contribution in [0.15, 0.2) is 216 Å². The van der Waals surface area contributed by atoms with E-state index in [4.69, 9.17) is 4.42 Å². The smallest absolute Gasteiger partial charge is 0.143 e. The highest BCUT2D eigenvalue weighted by Crippen LogP contribution is 2.64. The molecular weight excluding hydrogens is 691 g/mol. The average molecular weight is 728 g/mol. The maximum Gasteiger partial charge on any atom is 0.143 e. The fourth-order valence-electron chi connectivity index (χ4n) is 10.3. The first-order valence-electron chi connectivity index (χ1n) is 19.9. The third kappa shape index (κ3) is 4.59. The lowest BCUT2D eigenvalue weighted by Gasteiger charge is -2.38. The van der Waals surface area contributed by atoms with Gasteiger partial charge in [0.2, 0.25) is 0 Å². The number of hydrogen-bond acceptors (Lipinski definition) is 2. The van der Waals surface area contributed by atoms with E-state index in [2.05, 4.69) is 205 Å². The average Bonchev–Trinajstić information content (AvgIpc) is 3.92. The minimum absolute atomic E-state index is 0.0427. The third-order valence-electron chi connectivity index (χ3n) is 12.6. The van der Waals surface area contributed by atoms with Crippen molar-refractivity contribution >= 4 is 38.9 Å². The van der Waals surface area contributed by atoms with Gasteiger partial charge < -0.3 is 9.32 Å². The van der Waals surface area contributed by atoms with E-state index in [-0.39, 0.29) is 11.5 Å². The minimum Gasteiger partial charge on any atom is -0.455 e. The zero-order chi connectivity index (χ0) is 37.5. The molecule has 0 N–H and O–H groups in total. The molecule has 0 saturated heterocycles. The van der Waals surface area contributed by atoms with Crippen molar-refractivity contribution in [2.24, 2.45) is 0 Å². The van der Waals surface area contributed by atoms with Crippen molar-refractivity contribution in [3.05, 3.63) is 234 Å². The lowest BCUT2D eigenvalue weighted by Crippen LogP contribution is -2.34. The standard InChI is InChI=1S/C55H37NO/c1-2-15-36(16-3-1)38-17-12-18-40(35-38)56(39-33-31-37(32-34-39)41-23-13-24-45-44-21-7-11-30-52(44)57-54(41)45)51-29-14-28-50-53(51)46-22-6-10-27-49(46)55(50)47-25-8-4-19-42(47)43-20-5-9-26-48(43)55/h1-28,30-35,51H,29H2. The molecule has 1 heterocycles. The normalized spacial score (nSPS) is 15.8. The number of nitrogens with zero attached hydrogens (tertiary/aromatic N) is 1. The summed E-state index contributed by atoms with van der Waals surface area (Å²) < 4.78 is 6.49. The number of hydrogen-bond donors (Lipinski definition) is 0. The molecule has 0 amide bonds. The Bertz CT molecular complexity index is 3060. The Hall–Kier alpha value is -7.16. The molecule has 0 bridgehead atoms. The van der Waals surface area contributed by atoms with Crippen LogP contribution in [0.5, 0.6) is 0 Å². The molecule has 0 fully saturated rings. The quantitative estimate of drug-likeness (QED) is 0.175. The largest absolute Gasteiger partial charge is 0.455 e. The van der Waals surface area contributed by atoms with Gasteiger partial charge in [-0.15, -0.1) is 0 Å². The van der Waals surface area contributed by atoms with E-state index in [1.807, 2.05) is 6.07 Å². The van der Waals surface area contributed by atoms with Gasteiger partial charge in [-0.2, -0.15) is 0 Å². The van der Waals surface area contributed by atoms with Crippen LogP contribution in [0.3, 0.4) is 0 Å². The molecular formula is C55H37NO. The monoisotopic (exact) mass is 727 g/mol. The van der Waals surface area contributed by atoms with Gasteiger partial charge in [0, 0.05) is 27.7 Å². The second-order valence-electron chi connectivity index (χ2n) is 15.5. The van der Waals surface area contributed by atoms with E-state index < -0.39 is 0 Å². The van der Waals surface area contributed by atoms with Crippen molar-refractivity contribution < 1.29 is 4.42 Å². The third-order valence-corrected chi connectivity index (χ3v) is 12.6. The Morgan fingerprint density at radius 2 is 1.05 bits per heavy atom. The molecule has 0 radical (unpaired) electrons. The van der Waals surface area contributed by atoms with E-state index in [1.54, 1.807) is 0 Å². The number of fused-ring (bicyclic) bond motifs is 12. The molecule has 12 rings (SSSR count). The topological polar surface area (TPSA) is 16.4 Å². The minimum atomic E-state index is -0.388. The summed E-state index contributed by atoms with van der Waals surface area (Å²) in [5.74, 6) is 0. The molecule has 2 heteroatoms. The summed E-state index contributed by atoms with van der Waals surface area (Å²) in [6.45, 7) is 0.